The highest BCUT2D eigenvalue weighted by Crippen LogP contribution is 2.33. The van der Waals surface area contributed by atoms with Gasteiger partial charge in [-0.25, -0.2) is 0 Å². The predicted octanol–water partition coefficient (Wildman–Crippen LogP) is 3.03. The zero-order chi connectivity index (χ0) is 23.2. The number of benzene rings is 2. The lowest BCUT2D eigenvalue weighted by molar-refractivity contribution is -0.129. The number of nitrogens with one attached hydrogen (secondary N) is 2. The van der Waals surface area contributed by atoms with Crippen LogP contribution in [0.3, 0.4) is 0 Å². The maximum absolute atomic E-state index is 13.3. The van der Waals surface area contributed by atoms with Gasteiger partial charge < -0.3 is 9.80 Å². The molecule has 2 saturated heterocycles. The number of hydrogen-bond donors (Lipinski definition) is 2. The van der Waals surface area contributed by atoms with E-state index in [0.717, 1.165) is 33.4 Å². The zero-order valence-electron chi connectivity index (χ0n) is 19.0. The topological polar surface area (TPSA) is 98.0 Å². The van der Waals surface area contributed by atoms with Crippen LogP contribution in [0, 0.1) is 18.8 Å². The van der Waals surface area contributed by atoms with Gasteiger partial charge in [0.05, 0.1) is 17.6 Å². The summed E-state index contributed by atoms with van der Waals surface area (Å²) < 4.78 is 0. The largest absolute Gasteiger partial charge is 0.342 e. The third-order valence-corrected chi connectivity index (χ3v) is 7.09. The molecule has 2 amide bonds. The highest BCUT2D eigenvalue weighted by molar-refractivity contribution is 6.05. The number of aromatic nitrogens is 4. The highest BCUT2D eigenvalue weighted by atomic mass is 16.2. The average molecular weight is 455 g/mol. The van der Waals surface area contributed by atoms with E-state index >= 15 is 0 Å². The summed E-state index contributed by atoms with van der Waals surface area (Å²) in [5.74, 6) is 0.677. The third kappa shape index (κ3) is 3.65. The molecule has 2 fully saturated rings. The molecule has 8 nitrogen and oxygen atoms in total. The first kappa shape index (κ1) is 20.7. The molecule has 4 heterocycles. The molecule has 0 spiro atoms. The molecule has 2 aromatic carbocycles. The standard InChI is InChI=1S/C26H26N6O2/c1-16-9-21(28-27-16)11-24(33)31-12-19-14-32(15-20(19)13-31)26(34)25-22-8-7-18(10-23(22)29-30-25)17-5-3-2-4-6-17/h2-10,19-20H,11-15H2,1H3,(H,27,28)(H,29,30). The summed E-state index contributed by atoms with van der Waals surface area (Å²) in [5.41, 5.74) is 5.27. The molecule has 2 N–H and O–H groups in total. The Balaban J connectivity index is 1.12. The fourth-order valence-electron chi connectivity index (χ4n) is 5.34. The Morgan fingerprint density at radius 2 is 1.62 bits per heavy atom. The second-order valence-corrected chi connectivity index (χ2v) is 9.45. The molecule has 0 bridgehead atoms. The van der Waals surface area contributed by atoms with Crippen LogP contribution in [0.1, 0.15) is 21.9 Å². The summed E-state index contributed by atoms with van der Waals surface area (Å²) in [5, 5.41) is 15.3. The van der Waals surface area contributed by atoms with Crippen molar-refractivity contribution in [2.24, 2.45) is 11.8 Å². The van der Waals surface area contributed by atoms with E-state index in [9.17, 15) is 9.59 Å². The molecule has 2 atom stereocenters. The number of aromatic amines is 2. The van der Waals surface area contributed by atoms with Gasteiger partial charge in [-0.05, 0) is 36.2 Å². The predicted molar refractivity (Wildman–Crippen MR) is 128 cm³/mol. The number of fused-ring (bicyclic) bond motifs is 2. The average Bonchev–Trinajstić information content (AvgIpc) is 3.62. The van der Waals surface area contributed by atoms with Gasteiger partial charge in [0, 0.05) is 49.1 Å². The number of amides is 2. The van der Waals surface area contributed by atoms with E-state index in [1.54, 1.807) is 0 Å². The Morgan fingerprint density at radius 3 is 2.32 bits per heavy atom. The minimum absolute atomic E-state index is 0.0435. The summed E-state index contributed by atoms with van der Waals surface area (Å²) >= 11 is 0. The lowest BCUT2D eigenvalue weighted by Crippen LogP contribution is -2.36. The van der Waals surface area contributed by atoms with Gasteiger partial charge in [-0.1, -0.05) is 36.4 Å². The van der Waals surface area contributed by atoms with Crippen molar-refractivity contribution in [3.63, 3.8) is 0 Å². The summed E-state index contributed by atoms with van der Waals surface area (Å²) in [6, 6.07) is 18.1. The molecule has 2 aromatic heterocycles. The monoisotopic (exact) mass is 454 g/mol. The SMILES string of the molecule is Cc1cc(CC(=O)N2CC3CN(C(=O)c4n[nH]c5cc(-c6ccccc6)ccc45)CC3C2)n[nH]1. The zero-order valence-corrected chi connectivity index (χ0v) is 19.0. The Bertz CT molecular complexity index is 1360. The smallest absolute Gasteiger partial charge is 0.275 e. The summed E-state index contributed by atoms with van der Waals surface area (Å²) in [6.07, 6.45) is 0.316. The minimum Gasteiger partial charge on any atom is -0.342 e. The maximum atomic E-state index is 13.3. The van der Waals surface area contributed by atoms with Crippen molar-refractivity contribution in [3.8, 4) is 11.1 Å². The maximum Gasteiger partial charge on any atom is 0.275 e. The van der Waals surface area contributed by atoms with Crippen LogP contribution in [0.2, 0.25) is 0 Å². The fourth-order valence-corrected chi connectivity index (χ4v) is 5.34. The van der Waals surface area contributed by atoms with Gasteiger partial charge in [-0.3, -0.25) is 19.8 Å². The number of likely N-dealkylation sites (tertiary alicyclic amines) is 2. The molecule has 2 aliphatic rings. The first-order valence-electron chi connectivity index (χ1n) is 11.7. The van der Waals surface area contributed by atoms with Crippen LogP contribution in [0.4, 0.5) is 0 Å². The number of nitrogens with zero attached hydrogens (tertiary/aromatic N) is 4. The van der Waals surface area contributed by atoms with E-state index in [1.165, 1.54) is 0 Å². The van der Waals surface area contributed by atoms with Gasteiger partial charge in [-0.2, -0.15) is 10.2 Å². The molecule has 172 valence electrons. The van der Waals surface area contributed by atoms with Gasteiger partial charge >= 0.3 is 0 Å². The van der Waals surface area contributed by atoms with Gasteiger partial charge in [0.15, 0.2) is 5.69 Å². The van der Waals surface area contributed by atoms with E-state index in [4.69, 9.17) is 0 Å². The number of hydrogen-bond acceptors (Lipinski definition) is 4. The van der Waals surface area contributed by atoms with Crippen LogP contribution >= 0.6 is 0 Å². The van der Waals surface area contributed by atoms with Gasteiger partial charge in [0.1, 0.15) is 0 Å². The van der Waals surface area contributed by atoms with Crippen LogP contribution in [-0.4, -0.2) is 68.2 Å². The number of rotatable bonds is 4. The molecule has 6 rings (SSSR count). The normalized spacial score (nSPS) is 19.7. The van der Waals surface area contributed by atoms with E-state index in [-0.39, 0.29) is 11.8 Å². The summed E-state index contributed by atoms with van der Waals surface area (Å²) in [6.45, 7) is 4.63. The third-order valence-electron chi connectivity index (χ3n) is 7.09. The van der Waals surface area contributed by atoms with Crippen molar-refractivity contribution in [2.45, 2.75) is 13.3 Å². The number of carbonyl (C=O) groups excluding carboxylic acids is 2. The van der Waals surface area contributed by atoms with Gasteiger partial charge in [0.2, 0.25) is 5.91 Å². The molecule has 0 radical (unpaired) electrons. The Morgan fingerprint density at radius 1 is 0.882 bits per heavy atom. The van der Waals surface area contributed by atoms with Crippen LogP contribution in [0.5, 0.6) is 0 Å². The Kier molecular flexibility index (Phi) is 4.94. The highest BCUT2D eigenvalue weighted by Gasteiger charge is 2.43. The van der Waals surface area contributed by atoms with E-state index in [0.29, 0.717) is 50.1 Å². The molecule has 2 aliphatic heterocycles. The Hall–Kier alpha value is -3.94. The first-order valence-corrected chi connectivity index (χ1v) is 11.7. The van der Waals surface area contributed by atoms with Gasteiger partial charge in [0.25, 0.3) is 5.91 Å². The second kappa shape index (κ2) is 8.13. The summed E-state index contributed by atoms with van der Waals surface area (Å²) in [7, 11) is 0. The second-order valence-electron chi connectivity index (χ2n) is 9.45. The van der Waals surface area contributed by atoms with Crippen LogP contribution < -0.4 is 0 Å². The molecule has 2 unspecified atom stereocenters. The molecule has 4 aromatic rings. The van der Waals surface area contributed by atoms with Crippen molar-refractivity contribution >= 4 is 22.7 Å². The van der Waals surface area contributed by atoms with E-state index < -0.39 is 0 Å². The lowest BCUT2D eigenvalue weighted by atomic mass is 10.0. The molecule has 8 heteroatoms. The molecule has 0 aliphatic carbocycles. The van der Waals surface area contributed by atoms with Crippen LogP contribution in [-0.2, 0) is 11.2 Å². The molecular formula is C26H26N6O2. The first-order chi connectivity index (χ1) is 16.5. The minimum atomic E-state index is -0.0435. The lowest BCUT2D eigenvalue weighted by Gasteiger charge is -2.21. The Labute approximate surface area is 197 Å². The number of H-pyrrole nitrogens is 2. The van der Waals surface area contributed by atoms with Crippen molar-refractivity contribution in [1.29, 1.82) is 0 Å². The van der Waals surface area contributed by atoms with Crippen molar-refractivity contribution in [3.05, 3.63) is 71.7 Å². The molecule has 34 heavy (non-hydrogen) atoms. The molecule has 0 saturated carbocycles. The van der Waals surface area contributed by atoms with Crippen LogP contribution in [0.25, 0.3) is 22.0 Å². The molecular weight excluding hydrogens is 428 g/mol. The number of aryl methyl sites for hydroxylation is 1. The summed E-state index contributed by atoms with van der Waals surface area (Å²) in [4.78, 5) is 29.9. The number of carbonyl (C=O) groups is 2. The fraction of sp³-hybridized carbons (Fsp3) is 0.308. The quantitative estimate of drug-likeness (QED) is 0.495. The van der Waals surface area contributed by atoms with Crippen molar-refractivity contribution in [1.82, 2.24) is 30.2 Å². The van der Waals surface area contributed by atoms with Crippen LogP contribution in [0.15, 0.2) is 54.6 Å². The van der Waals surface area contributed by atoms with E-state index in [2.05, 4.69) is 32.5 Å². The van der Waals surface area contributed by atoms with E-state index in [1.807, 2.05) is 59.2 Å². The van der Waals surface area contributed by atoms with Crippen molar-refractivity contribution < 1.29 is 9.59 Å². The van der Waals surface area contributed by atoms with Gasteiger partial charge in [-0.15, -0.1) is 0 Å². The van der Waals surface area contributed by atoms with Crippen molar-refractivity contribution in [2.75, 3.05) is 26.2 Å².